The summed E-state index contributed by atoms with van der Waals surface area (Å²) in [7, 11) is 1.85. The number of piperidine rings is 1. The first-order valence-electron chi connectivity index (χ1n) is 9.39. The number of hydrogen-bond acceptors (Lipinski definition) is 4. The van der Waals surface area contributed by atoms with Crippen molar-refractivity contribution in [2.24, 2.45) is 4.99 Å². The van der Waals surface area contributed by atoms with Crippen LogP contribution in [0.15, 0.2) is 40.7 Å². The molecule has 0 atom stereocenters. The maximum Gasteiger partial charge on any atom is 0.193 e. The second-order valence-corrected chi connectivity index (χ2v) is 7.37. The Morgan fingerprint density at radius 2 is 2.08 bits per heavy atom. The van der Waals surface area contributed by atoms with Crippen LogP contribution in [0.4, 0.5) is 0 Å². The maximum atomic E-state index is 6.07. The highest BCUT2D eigenvalue weighted by molar-refractivity contribution is 7.09. The molecule has 0 radical (unpaired) electrons. The predicted molar refractivity (Wildman–Crippen MR) is 108 cm³/mol. The van der Waals surface area contributed by atoms with Crippen molar-refractivity contribution in [1.29, 1.82) is 0 Å². The molecule has 0 spiro atoms. The minimum atomic E-state index is 0.286. The maximum absolute atomic E-state index is 6.07. The number of benzene rings is 1. The highest BCUT2D eigenvalue weighted by atomic mass is 32.1. The van der Waals surface area contributed by atoms with E-state index in [0.717, 1.165) is 57.0 Å². The van der Waals surface area contributed by atoms with Gasteiger partial charge in [0.2, 0.25) is 0 Å². The van der Waals surface area contributed by atoms with E-state index in [1.54, 1.807) is 11.3 Å². The molecule has 1 aliphatic heterocycles. The van der Waals surface area contributed by atoms with E-state index in [1.165, 1.54) is 10.7 Å². The lowest BCUT2D eigenvalue weighted by molar-refractivity contribution is 0.129. The zero-order valence-electron chi connectivity index (χ0n) is 15.6. The molecule has 5 nitrogen and oxygen atoms in total. The summed E-state index contributed by atoms with van der Waals surface area (Å²) in [5, 5.41) is 6.85. The average Bonchev–Trinajstić information content (AvgIpc) is 3.15. The topological polar surface area (TPSA) is 49.8 Å². The Kier molecular flexibility index (Phi) is 6.89. The Balaban J connectivity index is 1.41. The van der Waals surface area contributed by atoms with E-state index in [4.69, 9.17) is 4.74 Å². The van der Waals surface area contributed by atoms with Crippen LogP contribution in [0.5, 0.6) is 5.75 Å². The van der Waals surface area contributed by atoms with Gasteiger partial charge in [-0.05, 0) is 18.6 Å². The van der Waals surface area contributed by atoms with Crippen molar-refractivity contribution in [1.82, 2.24) is 15.2 Å². The fourth-order valence-corrected chi connectivity index (χ4v) is 3.92. The molecule has 1 fully saturated rings. The first-order valence-corrected chi connectivity index (χ1v) is 10.3. The first kappa shape index (κ1) is 18.7. The Morgan fingerprint density at radius 1 is 1.31 bits per heavy atom. The third kappa shape index (κ3) is 5.21. The number of ether oxygens (including phenoxy) is 1. The molecule has 0 bridgehead atoms. The number of aromatic nitrogens is 1. The Bertz CT molecular complexity index is 693. The largest absolute Gasteiger partial charge is 0.490 e. The summed E-state index contributed by atoms with van der Waals surface area (Å²) in [5.41, 5.74) is 1.17. The highest BCUT2D eigenvalue weighted by Crippen LogP contribution is 2.18. The van der Waals surface area contributed by atoms with Crippen molar-refractivity contribution in [2.75, 3.05) is 26.7 Å². The van der Waals surface area contributed by atoms with E-state index in [9.17, 15) is 0 Å². The number of likely N-dealkylation sites (tertiary alicyclic amines) is 1. The van der Waals surface area contributed by atoms with E-state index >= 15 is 0 Å². The molecule has 0 amide bonds. The van der Waals surface area contributed by atoms with Crippen molar-refractivity contribution in [2.45, 2.75) is 38.7 Å². The molecule has 1 aromatic carbocycles. The Hall–Kier alpha value is -2.08. The minimum absolute atomic E-state index is 0.286. The first-order chi connectivity index (χ1) is 12.8. The molecule has 0 unspecified atom stereocenters. The molecule has 0 saturated carbocycles. The van der Waals surface area contributed by atoms with Crippen LogP contribution in [0, 0.1) is 0 Å². The van der Waals surface area contributed by atoms with Gasteiger partial charge in [-0.3, -0.25) is 4.99 Å². The number of aryl methyl sites for hydroxylation is 1. The second kappa shape index (κ2) is 9.57. The van der Waals surface area contributed by atoms with Crippen LogP contribution in [-0.4, -0.2) is 48.6 Å². The molecular weight excluding hydrogens is 344 g/mol. The Labute approximate surface area is 160 Å². The van der Waals surface area contributed by atoms with Gasteiger partial charge < -0.3 is 15.0 Å². The molecule has 1 N–H and O–H groups in total. The van der Waals surface area contributed by atoms with Gasteiger partial charge in [-0.25, -0.2) is 4.98 Å². The van der Waals surface area contributed by atoms with Crippen LogP contribution in [-0.2, 0) is 12.8 Å². The van der Waals surface area contributed by atoms with Crippen LogP contribution in [0.1, 0.15) is 30.5 Å². The molecule has 6 heteroatoms. The number of rotatable bonds is 6. The monoisotopic (exact) mass is 372 g/mol. The summed E-state index contributed by atoms with van der Waals surface area (Å²) in [6.07, 6.45) is 4.26. The van der Waals surface area contributed by atoms with Gasteiger partial charge in [0, 0.05) is 51.3 Å². The van der Waals surface area contributed by atoms with Gasteiger partial charge in [0.05, 0.1) is 10.7 Å². The molecule has 1 saturated heterocycles. The van der Waals surface area contributed by atoms with Crippen molar-refractivity contribution in [3.63, 3.8) is 0 Å². The van der Waals surface area contributed by atoms with Gasteiger partial charge in [-0.15, -0.1) is 11.3 Å². The van der Waals surface area contributed by atoms with Gasteiger partial charge in [0.25, 0.3) is 0 Å². The number of guanidine groups is 1. The summed E-state index contributed by atoms with van der Waals surface area (Å²) in [4.78, 5) is 11.4. The van der Waals surface area contributed by atoms with E-state index < -0.39 is 0 Å². The van der Waals surface area contributed by atoms with Crippen molar-refractivity contribution < 1.29 is 4.74 Å². The van der Waals surface area contributed by atoms with Crippen LogP contribution in [0.25, 0.3) is 0 Å². The lowest BCUT2D eigenvalue weighted by atomic mass is 10.1. The standard InChI is InChI=1S/C20H28N4OS/c1-3-19-23-16(15-26-19)9-12-22-20(21-2)24-13-10-18(11-14-24)25-17-7-5-4-6-8-17/h4-8,15,18H,3,9-14H2,1-2H3,(H,21,22). The van der Waals surface area contributed by atoms with Crippen molar-refractivity contribution >= 4 is 17.3 Å². The molecule has 1 aromatic heterocycles. The van der Waals surface area contributed by atoms with Crippen LogP contribution >= 0.6 is 11.3 Å². The zero-order chi connectivity index (χ0) is 18.2. The number of nitrogens with zero attached hydrogens (tertiary/aromatic N) is 3. The molecule has 2 heterocycles. The fourth-order valence-electron chi connectivity index (χ4n) is 3.14. The van der Waals surface area contributed by atoms with Gasteiger partial charge in [0.1, 0.15) is 11.9 Å². The second-order valence-electron chi connectivity index (χ2n) is 6.43. The molecule has 2 aromatic rings. The van der Waals surface area contributed by atoms with Crippen LogP contribution < -0.4 is 10.1 Å². The molecule has 0 aliphatic carbocycles. The number of para-hydroxylation sites is 1. The minimum Gasteiger partial charge on any atom is -0.490 e. The molecule has 3 rings (SSSR count). The normalized spacial score (nSPS) is 15.9. The van der Waals surface area contributed by atoms with Gasteiger partial charge in [-0.1, -0.05) is 25.1 Å². The van der Waals surface area contributed by atoms with Gasteiger partial charge in [0.15, 0.2) is 5.96 Å². The quantitative estimate of drug-likeness (QED) is 0.624. The number of thiazole rings is 1. The van der Waals surface area contributed by atoms with Crippen molar-refractivity contribution in [3.8, 4) is 5.75 Å². The van der Waals surface area contributed by atoms with Gasteiger partial charge >= 0.3 is 0 Å². The number of nitrogens with one attached hydrogen (secondary N) is 1. The number of hydrogen-bond donors (Lipinski definition) is 1. The van der Waals surface area contributed by atoms with E-state index in [2.05, 4.69) is 32.5 Å². The van der Waals surface area contributed by atoms with Gasteiger partial charge in [-0.2, -0.15) is 0 Å². The average molecular weight is 373 g/mol. The van der Waals surface area contributed by atoms with E-state index in [0.29, 0.717) is 0 Å². The summed E-state index contributed by atoms with van der Waals surface area (Å²) in [5.74, 6) is 1.94. The lowest BCUT2D eigenvalue weighted by Gasteiger charge is -2.34. The summed E-state index contributed by atoms with van der Waals surface area (Å²) >= 11 is 1.75. The predicted octanol–water partition coefficient (Wildman–Crippen LogP) is 3.37. The van der Waals surface area contributed by atoms with E-state index in [-0.39, 0.29) is 6.10 Å². The summed E-state index contributed by atoms with van der Waals surface area (Å²) in [6.45, 7) is 4.94. The lowest BCUT2D eigenvalue weighted by Crippen LogP contribution is -2.47. The SMILES string of the molecule is CCc1nc(CCNC(=NC)N2CCC(Oc3ccccc3)CC2)cs1. The molecule has 26 heavy (non-hydrogen) atoms. The third-order valence-corrected chi connectivity index (χ3v) is 5.61. The Morgan fingerprint density at radius 3 is 2.73 bits per heavy atom. The summed E-state index contributed by atoms with van der Waals surface area (Å²) < 4.78 is 6.07. The number of aliphatic imine (C=N–C) groups is 1. The zero-order valence-corrected chi connectivity index (χ0v) is 16.5. The third-order valence-electron chi connectivity index (χ3n) is 4.57. The van der Waals surface area contributed by atoms with Crippen LogP contribution in [0.2, 0.25) is 0 Å². The molecule has 140 valence electrons. The van der Waals surface area contributed by atoms with Crippen LogP contribution in [0.3, 0.4) is 0 Å². The van der Waals surface area contributed by atoms with Crippen molar-refractivity contribution in [3.05, 3.63) is 46.4 Å². The van der Waals surface area contributed by atoms with E-state index in [1.807, 2.05) is 37.4 Å². The highest BCUT2D eigenvalue weighted by Gasteiger charge is 2.22. The fraction of sp³-hybridized carbons (Fsp3) is 0.500. The summed E-state index contributed by atoms with van der Waals surface area (Å²) in [6, 6.07) is 10.1. The smallest absolute Gasteiger partial charge is 0.193 e. The molecular formula is C20H28N4OS. The molecule has 1 aliphatic rings.